The van der Waals surface area contributed by atoms with Gasteiger partial charge in [-0.2, -0.15) is 0 Å². The lowest BCUT2D eigenvalue weighted by Crippen LogP contribution is -2.35. The Hall–Kier alpha value is 0.580. The number of hydrogen-bond acceptors (Lipinski definition) is 5. The molecule has 0 aromatic heterocycles. The third kappa shape index (κ3) is 3.03. The van der Waals surface area contributed by atoms with Crippen molar-refractivity contribution >= 4 is 23.5 Å². The van der Waals surface area contributed by atoms with Gasteiger partial charge in [0.1, 0.15) is 18.3 Å². The summed E-state index contributed by atoms with van der Waals surface area (Å²) in [5, 5.41) is 19.0. The Balaban J connectivity index is 2.50. The summed E-state index contributed by atoms with van der Waals surface area (Å²) in [6.07, 6.45) is -1.66. The van der Waals surface area contributed by atoms with Gasteiger partial charge in [-0.3, -0.25) is 0 Å². The van der Waals surface area contributed by atoms with Crippen LogP contribution >= 0.6 is 23.5 Å². The van der Waals surface area contributed by atoms with Crippen LogP contribution in [0.25, 0.3) is 0 Å². The van der Waals surface area contributed by atoms with E-state index in [0.717, 1.165) is 11.5 Å². The van der Waals surface area contributed by atoms with E-state index in [-0.39, 0.29) is 17.3 Å². The van der Waals surface area contributed by atoms with Crippen molar-refractivity contribution in [1.82, 2.24) is 0 Å². The Morgan fingerprint density at radius 2 is 1.86 bits per heavy atom. The molecule has 3 nitrogen and oxygen atoms in total. The van der Waals surface area contributed by atoms with Crippen molar-refractivity contribution in [3.05, 3.63) is 0 Å². The Kier molecular flexibility index (Phi) is 5.62. The van der Waals surface area contributed by atoms with Crippen LogP contribution in [-0.4, -0.2) is 51.2 Å². The molecule has 3 unspecified atom stereocenters. The van der Waals surface area contributed by atoms with Crippen LogP contribution in [0.5, 0.6) is 0 Å². The smallest absolute Gasteiger partial charge is 0.110 e. The van der Waals surface area contributed by atoms with Crippen molar-refractivity contribution in [1.29, 1.82) is 0 Å². The molecule has 5 heteroatoms. The molecule has 0 amide bonds. The molecule has 0 saturated carbocycles. The van der Waals surface area contributed by atoms with E-state index >= 15 is 0 Å². The summed E-state index contributed by atoms with van der Waals surface area (Å²) < 4.78 is 5.64. The number of aliphatic hydroxyl groups is 2. The fourth-order valence-corrected chi connectivity index (χ4v) is 4.15. The second kappa shape index (κ2) is 6.23. The van der Waals surface area contributed by atoms with Gasteiger partial charge in [0.2, 0.25) is 0 Å². The van der Waals surface area contributed by atoms with E-state index in [2.05, 4.69) is 13.8 Å². The van der Waals surface area contributed by atoms with E-state index in [4.69, 9.17) is 4.74 Å². The average molecular weight is 238 g/mol. The molecule has 0 spiro atoms. The maximum absolute atomic E-state index is 9.68. The molecule has 0 aromatic carbocycles. The van der Waals surface area contributed by atoms with Crippen LogP contribution in [-0.2, 0) is 4.74 Å². The maximum atomic E-state index is 9.68. The van der Waals surface area contributed by atoms with Gasteiger partial charge in [-0.05, 0) is 11.5 Å². The Morgan fingerprint density at radius 1 is 1.29 bits per heavy atom. The van der Waals surface area contributed by atoms with E-state index in [1.54, 1.807) is 23.5 Å². The Labute approximate surface area is 93.6 Å². The lowest BCUT2D eigenvalue weighted by molar-refractivity contribution is 0.0308. The molecule has 0 aromatic rings. The predicted octanol–water partition coefficient (Wildman–Crippen LogP) is 0.939. The largest absolute Gasteiger partial charge is 0.388 e. The van der Waals surface area contributed by atoms with Crippen molar-refractivity contribution in [3.63, 3.8) is 0 Å². The minimum absolute atomic E-state index is 0.222. The third-order valence-electron chi connectivity index (χ3n) is 2.12. The number of hydrogen-bond donors (Lipinski definition) is 2. The fourth-order valence-electron chi connectivity index (χ4n) is 1.43. The van der Waals surface area contributed by atoms with Gasteiger partial charge in [0.05, 0.1) is 11.2 Å². The molecule has 1 rings (SSSR count). The molecule has 14 heavy (non-hydrogen) atoms. The van der Waals surface area contributed by atoms with Crippen LogP contribution in [0.15, 0.2) is 0 Å². The zero-order valence-corrected chi connectivity index (χ0v) is 10.2. The molecule has 0 radical (unpaired) electrons. The topological polar surface area (TPSA) is 49.7 Å². The molecular weight excluding hydrogens is 220 g/mol. The SMILES string of the molecule is CCSC(SCC)C1OCC(O)C1O. The monoisotopic (exact) mass is 238 g/mol. The quantitative estimate of drug-likeness (QED) is 0.698. The van der Waals surface area contributed by atoms with E-state index in [1.165, 1.54) is 0 Å². The molecule has 0 aliphatic carbocycles. The first-order valence-electron chi connectivity index (χ1n) is 4.91. The molecule has 1 fully saturated rings. The summed E-state index contributed by atoms with van der Waals surface area (Å²) in [5.41, 5.74) is 0. The first-order chi connectivity index (χ1) is 6.70. The van der Waals surface area contributed by atoms with Crippen LogP contribution in [0.2, 0.25) is 0 Å². The fraction of sp³-hybridized carbons (Fsp3) is 1.00. The normalized spacial score (nSPS) is 32.8. The van der Waals surface area contributed by atoms with Crippen LogP contribution in [0.4, 0.5) is 0 Å². The minimum atomic E-state index is -0.724. The summed E-state index contributed by atoms with van der Waals surface area (Å²) in [4.78, 5) is 0. The molecule has 1 heterocycles. The van der Waals surface area contributed by atoms with Crippen molar-refractivity contribution < 1.29 is 14.9 Å². The molecule has 0 bridgehead atoms. The number of ether oxygens (including phenoxy) is 1. The highest BCUT2D eigenvalue weighted by Gasteiger charge is 2.39. The highest BCUT2D eigenvalue weighted by atomic mass is 32.2. The van der Waals surface area contributed by atoms with Gasteiger partial charge in [0.25, 0.3) is 0 Å². The number of thioether (sulfide) groups is 2. The van der Waals surface area contributed by atoms with Gasteiger partial charge >= 0.3 is 0 Å². The molecule has 1 saturated heterocycles. The lowest BCUT2D eigenvalue weighted by Gasteiger charge is -2.23. The first kappa shape index (κ1) is 12.6. The zero-order chi connectivity index (χ0) is 10.6. The van der Waals surface area contributed by atoms with Crippen molar-refractivity contribution in [2.24, 2.45) is 0 Å². The minimum Gasteiger partial charge on any atom is -0.388 e. The summed E-state index contributed by atoms with van der Waals surface area (Å²) in [6, 6.07) is 0. The van der Waals surface area contributed by atoms with Crippen LogP contribution < -0.4 is 0 Å². The van der Waals surface area contributed by atoms with Gasteiger partial charge in [-0.1, -0.05) is 13.8 Å². The van der Waals surface area contributed by atoms with Gasteiger partial charge < -0.3 is 14.9 Å². The standard InChI is InChI=1S/C9H18O3S2/c1-3-13-9(14-4-2)8-7(11)6(10)5-12-8/h6-11H,3-5H2,1-2H3. The molecule has 2 N–H and O–H groups in total. The molecular formula is C9H18O3S2. The van der Waals surface area contributed by atoms with Gasteiger partial charge in [-0.15, -0.1) is 23.5 Å². The van der Waals surface area contributed by atoms with Crippen molar-refractivity contribution in [3.8, 4) is 0 Å². The predicted molar refractivity (Wildman–Crippen MR) is 61.8 cm³/mol. The van der Waals surface area contributed by atoms with Crippen molar-refractivity contribution in [2.45, 2.75) is 36.7 Å². The number of rotatable bonds is 5. The van der Waals surface area contributed by atoms with Gasteiger partial charge in [0, 0.05) is 0 Å². The molecule has 84 valence electrons. The Bertz CT molecular complexity index is 162. The highest BCUT2D eigenvalue weighted by Crippen LogP contribution is 2.33. The molecule has 3 atom stereocenters. The summed E-state index contributed by atoms with van der Waals surface area (Å²) in [7, 11) is 0. The van der Waals surface area contributed by atoms with E-state index in [9.17, 15) is 10.2 Å². The van der Waals surface area contributed by atoms with E-state index in [1.807, 2.05) is 0 Å². The van der Waals surface area contributed by atoms with Crippen LogP contribution in [0.1, 0.15) is 13.8 Å². The molecule has 1 aliphatic rings. The zero-order valence-electron chi connectivity index (χ0n) is 8.55. The van der Waals surface area contributed by atoms with Crippen molar-refractivity contribution in [2.75, 3.05) is 18.1 Å². The van der Waals surface area contributed by atoms with Gasteiger partial charge in [0.15, 0.2) is 0 Å². The highest BCUT2D eigenvalue weighted by molar-refractivity contribution is 8.17. The maximum Gasteiger partial charge on any atom is 0.110 e. The first-order valence-corrected chi connectivity index (χ1v) is 7.01. The number of aliphatic hydroxyl groups excluding tert-OH is 2. The van der Waals surface area contributed by atoms with E-state index in [0.29, 0.717) is 0 Å². The van der Waals surface area contributed by atoms with Crippen LogP contribution in [0.3, 0.4) is 0 Å². The summed E-state index contributed by atoms with van der Waals surface area (Å²) in [5.74, 6) is 2.00. The average Bonchev–Trinajstić information content (AvgIpc) is 2.48. The second-order valence-electron chi connectivity index (χ2n) is 3.13. The Morgan fingerprint density at radius 3 is 2.21 bits per heavy atom. The van der Waals surface area contributed by atoms with Gasteiger partial charge in [-0.25, -0.2) is 0 Å². The van der Waals surface area contributed by atoms with Crippen LogP contribution in [0, 0.1) is 0 Å². The third-order valence-corrected chi connectivity index (χ3v) is 4.80. The molecule has 1 aliphatic heterocycles. The second-order valence-corrected chi connectivity index (χ2v) is 6.27. The van der Waals surface area contributed by atoms with E-state index < -0.39 is 12.2 Å². The summed E-state index contributed by atoms with van der Waals surface area (Å²) in [6.45, 7) is 4.44. The summed E-state index contributed by atoms with van der Waals surface area (Å²) >= 11 is 3.54. The lowest BCUT2D eigenvalue weighted by atomic mass is 10.2.